The van der Waals surface area contributed by atoms with Crippen LogP contribution < -0.4 is 0 Å². The van der Waals surface area contributed by atoms with Gasteiger partial charge in [-0.1, -0.05) is 77.8 Å². The monoisotopic (exact) mass is 313 g/mol. The van der Waals surface area contributed by atoms with Crippen LogP contribution in [0.5, 0.6) is 0 Å². The molecule has 0 bridgehead atoms. The summed E-state index contributed by atoms with van der Waals surface area (Å²) in [6.07, 6.45) is 5.60. The SMILES string of the molecule is CCC[CH2][Al]([CH2]CCC)[O]C(C)N(CC(C)C)CC(C)C. The molecule has 3 heteroatoms. The minimum atomic E-state index is -1.02. The van der Waals surface area contributed by atoms with Gasteiger partial charge in [0.15, 0.2) is 0 Å². The van der Waals surface area contributed by atoms with Gasteiger partial charge in [0, 0.05) is 13.1 Å². The van der Waals surface area contributed by atoms with E-state index in [1.54, 1.807) is 0 Å². The van der Waals surface area contributed by atoms with Crippen molar-refractivity contribution in [3.8, 4) is 0 Å². The molecule has 21 heavy (non-hydrogen) atoms. The average Bonchev–Trinajstić information content (AvgIpc) is 2.39. The lowest BCUT2D eigenvalue weighted by atomic mass is 10.1. The van der Waals surface area contributed by atoms with Gasteiger partial charge in [-0.15, -0.1) is 0 Å². The van der Waals surface area contributed by atoms with Crippen molar-refractivity contribution in [2.24, 2.45) is 11.8 Å². The molecule has 0 aromatic heterocycles. The predicted octanol–water partition coefficient (Wildman–Crippen LogP) is 5.55. The molecule has 1 atom stereocenters. The van der Waals surface area contributed by atoms with Crippen molar-refractivity contribution >= 4 is 14.5 Å². The Kier molecular flexibility index (Phi) is 13.2. The highest BCUT2D eigenvalue weighted by Gasteiger charge is 2.25. The van der Waals surface area contributed by atoms with Crippen LogP contribution in [0.1, 0.15) is 74.1 Å². The Morgan fingerprint density at radius 3 is 1.57 bits per heavy atom. The Hall–Kier alpha value is 0.452. The van der Waals surface area contributed by atoms with Gasteiger partial charge in [-0.25, -0.2) is 0 Å². The highest BCUT2D eigenvalue weighted by atomic mass is 27.2. The largest absolute Gasteiger partial charge is 0.487 e. The lowest BCUT2D eigenvalue weighted by Crippen LogP contribution is -2.42. The van der Waals surface area contributed by atoms with Crippen LogP contribution in [0, 0.1) is 11.8 Å². The number of hydrogen-bond donors (Lipinski definition) is 0. The summed E-state index contributed by atoms with van der Waals surface area (Å²) in [6, 6.07) is 0. The van der Waals surface area contributed by atoms with E-state index < -0.39 is 14.5 Å². The molecule has 0 aliphatic rings. The van der Waals surface area contributed by atoms with Gasteiger partial charge < -0.3 is 3.79 Å². The maximum absolute atomic E-state index is 6.58. The fourth-order valence-electron chi connectivity index (χ4n) is 2.82. The second-order valence-corrected chi connectivity index (χ2v) is 10.1. The Labute approximate surface area is 139 Å². The minimum Gasteiger partial charge on any atom is -0.487 e. The van der Waals surface area contributed by atoms with Crippen LogP contribution >= 0.6 is 0 Å². The molecule has 0 saturated heterocycles. The lowest BCUT2D eigenvalue weighted by molar-refractivity contribution is 0.0199. The van der Waals surface area contributed by atoms with Crippen LogP contribution in [0.25, 0.3) is 0 Å². The van der Waals surface area contributed by atoms with E-state index >= 15 is 0 Å². The molecule has 0 N–H and O–H groups in total. The van der Waals surface area contributed by atoms with Crippen molar-refractivity contribution in [1.82, 2.24) is 4.90 Å². The zero-order valence-corrected chi connectivity index (χ0v) is 17.0. The molecule has 2 nitrogen and oxygen atoms in total. The van der Waals surface area contributed by atoms with E-state index in [2.05, 4.69) is 53.4 Å². The van der Waals surface area contributed by atoms with Crippen LogP contribution in [0.15, 0.2) is 0 Å². The fraction of sp³-hybridized carbons (Fsp3) is 1.00. The summed E-state index contributed by atoms with van der Waals surface area (Å²) in [4.78, 5) is 2.56. The first-order chi connectivity index (χ1) is 9.90. The Balaban J connectivity index is 4.50. The molecule has 0 rings (SSSR count). The van der Waals surface area contributed by atoms with E-state index in [1.807, 2.05) is 0 Å². The summed E-state index contributed by atoms with van der Waals surface area (Å²) in [6.45, 7) is 18.4. The van der Waals surface area contributed by atoms with E-state index in [0.717, 1.165) is 13.1 Å². The summed E-state index contributed by atoms with van der Waals surface area (Å²) < 4.78 is 6.58. The van der Waals surface area contributed by atoms with Crippen LogP contribution in [0.3, 0.4) is 0 Å². The first-order valence-corrected chi connectivity index (χ1v) is 11.4. The maximum Gasteiger partial charge on any atom is 0.461 e. The number of hydrogen-bond acceptors (Lipinski definition) is 2. The molecule has 0 aromatic carbocycles. The second kappa shape index (κ2) is 12.9. The number of rotatable bonds is 13. The molecule has 126 valence electrons. The topological polar surface area (TPSA) is 12.5 Å². The normalized spacial score (nSPS) is 13.4. The van der Waals surface area contributed by atoms with Gasteiger partial charge >= 0.3 is 14.5 Å². The molecule has 0 aromatic rings. The van der Waals surface area contributed by atoms with Gasteiger partial charge in [-0.3, -0.25) is 4.90 Å². The third-order valence-electron chi connectivity index (χ3n) is 3.86. The van der Waals surface area contributed by atoms with Crippen LogP contribution in [-0.4, -0.2) is 38.7 Å². The standard InChI is InChI=1S/C10H22NO.2C4H9.Al/c1-8(2)6-11(10(5)12)7-9(3)4;2*1-3-4-2;/h8-10H,6-7H2,1-5H3;2*1,3-4H2,2H3;/q-1;;;+1. The van der Waals surface area contributed by atoms with E-state index in [9.17, 15) is 0 Å². The average molecular weight is 314 g/mol. The molecule has 0 saturated carbocycles. The van der Waals surface area contributed by atoms with Crippen molar-refractivity contribution in [3.63, 3.8) is 0 Å². The molecular weight excluding hydrogens is 273 g/mol. The van der Waals surface area contributed by atoms with Gasteiger partial charge in [-0.05, 0) is 18.8 Å². The van der Waals surface area contributed by atoms with Crippen molar-refractivity contribution in [2.45, 2.75) is 90.9 Å². The minimum absolute atomic E-state index is 0.306. The lowest BCUT2D eigenvalue weighted by Gasteiger charge is -2.34. The molecular formula is C18H40AlNO. The maximum atomic E-state index is 6.58. The molecule has 0 heterocycles. The molecule has 0 spiro atoms. The van der Waals surface area contributed by atoms with Crippen molar-refractivity contribution < 1.29 is 3.79 Å². The third-order valence-corrected chi connectivity index (χ3v) is 6.75. The Bertz CT molecular complexity index is 215. The molecule has 0 aliphatic carbocycles. The van der Waals surface area contributed by atoms with E-state index in [0.29, 0.717) is 18.1 Å². The fourth-order valence-corrected chi connectivity index (χ4v) is 5.84. The molecule has 0 amide bonds. The van der Waals surface area contributed by atoms with E-state index in [4.69, 9.17) is 3.79 Å². The summed E-state index contributed by atoms with van der Waals surface area (Å²) in [7, 11) is 0. The summed E-state index contributed by atoms with van der Waals surface area (Å²) >= 11 is -1.02. The van der Waals surface area contributed by atoms with Crippen molar-refractivity contribution in [3.05, 3.63) is 0 Å². The highest BCUT2D eigenvalue weighted by Crippen LogP contribution is 2.16. The smallest absolute Gasteiger partial charge is 0.461 e. The molecule has 0 radical (unpaired) electrons. The second-order valence-electron chi connectivity index (χ2n) is 7.38. The predicted molar refractivity (Wildman–Crippen MR) is 97.0 cm³/mol. The zero-order valence-electron chi connectivity index (χ0n) is 15.8. The van der Waals surface area contributed by atoms with Gasteiger partial charge in [0.25, 0.3) is 0 Å². The quantitative estimate of drug-likeness (QED) is 0.326. The van der Waals surface area contributed by atoms with Gasteiger partial charge in [0.05, 0.1) is 6.23 Å². The molecule has 0 aliphatic heterocycles. The summed E-state index contributed by atoms with van der Waals surface area (Å²) in [5, 5.41) is 2.72. The zero-order chi connectivity index (χ0) is 16.3. The number of unbranched alkanes of at least 4 members (excludes halogenated alkanes) is 2. The van der Waals surface area contributed by atoms with E-state index in [-0.39, 0.29) is 0 Å². The Morgan fingerprint density at radius 2 is 1.24 bits per heavy atom. The highest BCUT2D eigenvalue weighted by molar-refractivity contribution is 6.51. The summed E-state index contributed by atoms with van der Waals surface area (Å²) in [5.74, 6) is 1.42. The van der Waals surface area contributed by atoms with Gasteiger partial charge in [0.1, 0.15) is 0 Å². The summed E-state index contributed by atoms with van der Waals surface area (Å²) in [5.41, 5.74) is 0. The van der Waals surface area contributed by atoms with Crippen molar-refractivity contribution in [2.75, 3.05) is 13.1 Å². The van der Waals surface area contributed by atoms with Crippen molar-refractivity contribution in [1.29, 1.82) is 0 Å². The first kappa shape index (κ1) is 21.5. The number of nitrogens with zero attached hydrogens (tertiary/aromatic N) is 1. The Morgan fingerprint density at radius 1 is 0.810 bits per heavy atom. The molecule has 0 fully saturated rings. The van der Waals surface area contributed by atoms with Crippen LogP contribution in [0.2, 0.25) is 10.6 Å². The van der Waals surface area contributed by atoms with Gasteiger partial charge in [-0.2, -0.15) is 0 Å². The van der Waals surface area contributed by atoms with Gasteiger partial charge in [0.2, 0.25) is 0 Å². The molecule has 1 unspecified atom stereocenters. The van der Waals surface area contributed by atoms with Crippen LogP contribution in [-0.2, 0) is 3.79 Å². The first-order valence-electron chi connectivity index (χ1n) is 9.30. The third kappa shape index (κ3) is 11.6. The van der Waals surface area contributed by atoms with Crippen LogP contribution in [0.4, 0.5) is 0 Å². The van der Waals surface area contributed by atoms with E-state index in [1.165, 1.54) is 36.2 Å².